The molecular weight excluding hydrogens is 200 g/mol. The summed E-state index contributed by atoms with van der Waals surface area (Å²) in [6, 6.07) is 0. The molecule has 1 rings (SSSR count). The minimum atomic E-state index is -0.183. The Kier molecular flexibility index (Phi) is 5.45. The second-order valence-electron chi connectivity index (χ2n) is 2.80. The van der Waals surface area contributed by atoms with Crippen LogP contribution in [-0.2, 0) is 32.7 Å². The van der Waals surface area contributed by atoms with Gasteiger partial charge in [0.2, 0.25) is 0 Å². The van der Waals surface area contributed by atoms with Crippen molar-refractivity contribution in [2.75, 3.05) is 0 Å². The average molecular weight is 212 g/mol. The Bertz CT molecular complexity index is 89.6. The Morgan fingerprint density at radius 3 is 2.30 bits per heavy atom. The number of hydrogen-bond donors (Lipinski definition) is 1. The van der Waals surface area contributed by atoms with E-state index in [4.69, 9.17) is 7.85 Å². The fourth-order valence-corrected chi connectivity index (χ4v) is 1.48. The summed E-state index contributed by atoms with van der Waals surface area (Å²) in [7, 11) is 5.41. The smallest absolute Gasteiger partial charge is 0.0656 e. The molecule has 3 unspecified atom stereocenters. The molecular formula is C7H12BOY-. The van der Waals surface area contributed by atoms with E-state index in [1.165, 1.54) is 0 Å². The first-order valence-corrected chi connectivity index (χ1v) is 3.47. The van der Waals surface area contributed by atoms with Gasteiger partial charge >= 0.3 is 0 Å². The predicted molar refractivity (Wildman–Crippen MR) is 38.1 cm³/mol. The van der Waals surface area contributed by atoms with Crippen molar-refractivity contribution < 1.29 is 37.8 Å². The van der Waals surface area contributed by atoms with E-state index >= 15 is 0 Å². The molecule has 3 atom stereocenters. The molecule has 0 aliphatic heterocycles. The fourth-order valence-electron chi connectivity index (χ4n) is 1.48. The topological polar surface area (TPSA) is 20.2 Å². The van der Waals surface area contributed by atoms with Gasteiger partial charge in [0.1, 0.15) is 0 Å². The predicted octanol–water partition coefficient (Wildman–Crippen LogP) is 0.792. The average Bonchev–Trinajstić information content (AvgIpc) is 2.12. The molecule has 0 heterocycles. The van der Waals surface area contributed by atoms with Gasteiger partial charge in [-0.3, -0.25) is 0 Å². The fraction of sp³-hybridized carbons (Fsp3) is 0.857. The van der Waals surface area contributed by atoms with Gasteiger partial charge in [0.15, 0.2) is 0 Å². The van der Waals surface area contributed by atoms with Crippen LogP contribution in [0.2, 0.25) is 6.32 Å². The number of aliphatic hydroxyl groups excluding tert-OH is 1. The van der Waals surface area contributed by atoms with Crippen molar-refractivity contribution >= 4 is 7.85 Å². The zero-order valence-corrected chi connectivity index (χ0v) is 9.00. The van der Waals surface area contributed by atoms with Gasteiger partial charge in [-0.25, -0.2) is 0 Å². The molecule has 1 N–H and O–H groups in total. The molecule has 1 saturated carbocycles. The Hall–Kier alpha value is 1.13. The summed E-state index contributed by atoms with van der Waals surface area (Å²) in [4.78, 5) is 0. The van der Waals surface area contributed by atoms with Crippen LogP contribution in [0.15, 0.2) is 0 Å². The summed E-state index contributed by atoms with van der Waals surface area (Å²) in [5, 5.41) is 9.24. The molecule has 0 aromatic carbocycles. The summed E-state index contributed by atoms with van der Waals surface area (Å²) in [6.07, 6.45) is 2.31. The third-order valence-electron chi connectivity index (χ3n) is 2.21. The van der Waals surface area contributed by atoms with Crippen LogP contribution in [0, 0.1) is 18.8 Å². The monoisotopic (exact) mass is 212 g/mol. The van der Waals surface area contributed by atoms with Gasteiger partial charge in [-0.2, -0.15) is 5.92 Å². The van der Waals surface area contributed by atoms with Gasteiger partial charge in [0.05, 0.1) is 14.0 Å². The standard InChI is InChI=1S/C7H12BO.Y/c1-5-2-3-7(9)6(5)4-8;/h5-7,9H,1-4H2;/q-1;. The van der Waals surface area contributed by atoms with E-state index < -0.39 is 0 Å². The third kappa shape index (κ3) is 2.32. The minimum Gasteiger partial charge on any atom is -0.393 e. The Balaban J connectivity index is 0.000000810. The summed E-state index contributed by atoms with van der Waals surface area (Å²) in [6.45, 7) is 3.90. The molecule has 0 spiro atoms. The van der Waals surface area contributed by atoms with Crippen molar-refractivity contribution in [3.05, 3.63) is 6.92 Å². The van der Waals surface area contributed by atoms with Crippen molar-refractivity contribution in [2.45, 2.75) is 25.3 Å². The van der Waals surface area contributed by atoms with Crippen molar-refractivity contribution in [2.24, 2.45) is 11.8 Å². The van der Waals surface area contributed by atoms with Crippen LogP contribution in [-0.4, -0.2) is 19.1 Å². The van der Waals surface area contributed by atoms with Gasteiger partial charge < -0.3 is 12.0 Å². The Labute approximate surface area is 89.3 Å². The van der Waals surface area contributed by atoms with Gasteiger partial charge in [-0.1, -0.05) is 12.7 Å². The van der Waals surface area contributed by atoms with E-state index in [1.807, 2.05) is 0 Å². The Morgan fingerprint density at radius 1 is 1.50 bits per heavy atom. The van der Waals surface area contributed by atoms with Crippen LogP contribution in [0.1, 0.15) is 12.8 Å². The van der Waals surface area contributed by atoms with Crippen LogP contribution in [0.3, 0.4) is 0 Å². The van der Waals surface area contributed by atoms with Gasteiger partial charge in [0.25, 0.3) is 0 Å². The van der Waals surface area contributed by atoms with E-state index in [0.717, 1.165) is 12.8 Å². The molecule has 3 radical (unpaired) electrons. The second kappa shape index (κ2) is 4.90. The maximum Gasteiger partial charge on any atom is 0.0656 e. The second-order valence-corrected chi connectivity index (χ2v) is 2.80. The Morgan fingerprint density at radius 2 is 2.10 bits per heavy atom. The minimum absolute atomic E-state index is 0. The van der Waals surface area contributed by atoms with Crippen LogP contribution < -0.4 is 0 Å². The SMILES string of the molecule is [B]CC1C([CH2-])CCC1O.[Y]. The molecule has 53 valence electrons. The summed E-state index contributed by atoms with van der Waals surface area (Å²) in [5.41, 5.74) is 0. The molecule has 1 aliphatic rings. The normalized spacial score (nSPS) is 39.2. The maximum atomic E-state index is 9.24. The largest absolute Gasteiger partial charge is 0.393 e. The first-order chi connectivity index (χ1) is 4.25. The van der Waals surface area contributed by atoms with Gasteiger partial charge in [0, 0.05) is 32.7 Å². The number of hydrogen-bond acceptors (Lipinski definition) is 1. The van der Waals surface area contributed by atoms with Crippen molar-refractivity contribution in [1.82, 2.24) is 0 Å². The summed E-state index contributed by atoms with van der Waals surface area (Å²) in [5.74, 6) is 0.634. The van der Waals surface area contributed by atoms with E-state index in [1.54, 1.807) is 0 Å². The van der Waals surface area contributed by atoms with Gasteiger partial charge in [-0.15, -0.1) is 0 Å². The van der Waals surface area contributed by atoms with Crippen LogP contribution in [0.4, 0.5) is 0 Å². The number of aliphatic hydroxyl groups is 1. The van der Waals surface area contributed by atoms with Crippen molar-refractivity contribution in [3.8, 4) is 0 Å². The third-order valence-corrected chi connectivity index (χ3v) is 2.21. The summed E-state index contributed by atoms with van der Waals surface area (Å²) < 4.78 is 0. The molecule has 1 nitrogen and oxygen atoms in total. The quantitative estimate of drug-likeness (QED) is 0.503. The molecule has 0 saturated heterocycles. The van der Waals surface area contributed by atoms with E-state index in [-0.39, 0.29) is 44.7 Å². The zero-order chi connectivity index (χ0) is 6.85. The van der Waals surface area contributed by atoms with Crippen molar-refractivity contribution in [3.63, 3.8) is 0 Å². The molecule has 0 aromatic rings. The van der Waals surface area contributed by atoms with Crippen LogP contribution in [0.5, 0.6) is 0 Å². The van der Waals surface area contributed by atoms with E-state index in [9.17, 15) is 5.11 Å². The van der Waals surface area contributed by atoms with Gasteiger partial charge in [-0.05, 0) is 12.3 Å². The van der Waals surface area contributed by atoms with Crippen LogP contribution in [0.25, 0.3) is 0 Å². The molecule has 1 fully saturated rings. The summed E-state index contributed by atoms with van der Waals surface area (Å²) >= 11 is 0. The molecule has 0 amide bonds. The van der Waals surface area contributed by atoms with Crippen LogP contribution >= 0.6 is 0 Å². The molecule has 3 heteroatoms. The molecule has 0 bridgehead atoms. The number of rotatable bonds is 1. The zero-order valence-electron chi connectivity index (χ0n) is 6.16. The van der Waals surface area contributed by atoms with Crippen molar-refractivity contribution in [1.29, 1.82) is 0 Å². The first kappa shape index (κ1) is 11.1. The van der Waals surface area contributed by atoms with E-state index in [0.29, 0.717) is 12.2 Å². The molecule has 10 heavy (non-hydrogen) atoms. The molecule has 1 aliphatic carbocycles. The first-order valence-electron chi connectivity index (χ1n) is 3.47. The molecule has 0 aromatic heterocycles. The maximum absolute atomic E-state index is 9.24. The van der Waals surface area contributed by atoms with E-state index in [2.05, 4.69) is 6.92 Å².